The number of piperidine rings is 1. The SMILES string of the molecule is CC(C)(C)OC(=O)N1CC[C@H](COC(c2ccccc2)(c2ccccc2)c2ccccc2)[C@@H](F)C1. The van der Waals surface area contributed by atoms with Gasteiger partial charge in [0, 0.05) is 12.5 Å². The number of rotatable bonds is 6. The molecule has 1 saturated heterocycles. The number of ether oxygens (including phenoxy) is 2. The number of carbonyl (C=O) groups excluding carboxylic acids is 1. The van der Waals surface area contributed by atoms with Crippen molar-refractivity contribution in [3.05, 3.63) is 108 Å². The second-order valence-corrected chi connectivity index (χ2v) is 10.1. The number of alkyl halides is 1. The minimum absolute atomic E-state index is 0.0119. The Morgan fingerprint density at radius 3 is 1.71 bits per heavy atom. The average molecular weight is 476 g/mol. The lowest BCUT2D eigenvalue weighted by Gasteiger charge is -2.40. The number of halogens is 1. The summed E-state index contributed by atoms with van der Waals surface area (Å²) in [5, 5.41) is 0. The van der Waals surface area contributed by atoms with Crippen LogP contribution in [0.5, 0.6) is 0 Å². The van der Waals surface area contributed by atoms with Gasteiger partial charge in [-0.1, -0.05) is 91.0 Å². The largest absolute Gasteiger partial charge is 0.444 e. The number of hydrogen-bond acceptors (Lipinski definition) is 3. The van der Waals surface area contributed by atoms with E-state index >= 15 is 4.39 Å². The van der Waals surface area contributed by atoms with E-state index in [2.05, 4.69) is 36.4 Å². The maximum atomic E-state index is 15.3. The summed E-state index contributed by atoms with van der Waals surface area (Å²) in [4.78, 5) is 13.9. The van der Waals surface area contributed by atoms with Crippen LogP contribution in [0.3, 0.4) is 0 Å². The molecule has 2 atom stereocenters. The van der Waals surface area contributed by atoms with Gasteiger partial charge >= 0.3 is 6.09 Å². The first kappa shape index (κ1) is 24.9. The monoisotopic (exact) mass is 475 g/mol. The second-order valence-electron chi connectivity index (χ2n) is 10.1. The van der Waals surface area contributed by atoms with Crippen molar-refractivity contribution < 1.29 is 18.7 Å². The summed E-state index contributed by atoms with van der Waals surface area (Å²) in [5.41, 5.74) is 1.46. The van der Waals surface area contributed by atoms with Crippen LogP contribution in [-0.2, 0) is 15.1 Å². The van der Waals surface area contributed by atoms with Gasteiger partial charge in [0.1, 0.15) is 17.4 Å². The summed E-state index contributed by atoms with van der Waals surface area (Å²) in [6.45, 7) is 6.12. The smallest absolute Gasteiger partial charge is 0.410 e. The van der Waals surface area contributed by atoms with Crippen LogP contribution >= 0.6 is 0 Å². The quantitative estimate of drug-likeness (QED) is 0.378. The summed E-state index contributed by atoms with van der Waals surface area (Å²) >= 11 is 0. The third-order valence-electron chi connectivity index (χ3n) is 6.38. The number of likely N-dealkylation sites (tertiary alicyclic amines) is 1. The molecule has 0 radical (unpaired) electrons. The lowest BCUT2D eigenvalue weighted by molar-refractivity contribution is -0.0464. The van der Waals surface area contributed by atoms with Crippen molar-refractivity contribution in [3.63, 3.8) is 0 Å². The van der Waals surface area contributed by atoms with Crippen LogP contribution in [0.1, 0.15) is 43.9 Å². The topological polar surface area (TPSA) is 38.8 Å². The molecule has 4 nitrogen and oxygen atoms in total. The Balaban J connectivity index is 1.60. The first-order valence-electron chi connectivity index (χ1n) is 12.2. The highest BCUT2D eigenvalue weighted by Gasteiger charge is 2.40. The van der Waals surface area contributed by atoms with E-state index in [0.29, 0.717) is 13.0 Å². The van der Waals surface area contributed by atoms with Gasteiger partial charge in [0.05, 0.1) is 13.2 Å². The van der Waals surface area contributed by atoms with Gasteiger partial charge in [-0.15, -0.1) is 0 Å². The van der Waals surface area contributed by atoms with E-state index in [1.807, 2.05) is 75.4 Å². The Morgan fingerprint density at radius 2 is 1.31 bits per heavy atom. The van der Waals surface area contributed by atoms with Gasteiger partial charge < -0.3 is 14.4 Å². The molecular weight excluding hydrogens is 441 g/mol. The first-order valence-corrected chi connectivity index (χ1v) is 12.2. The fraction of sp³-hybridized carbons (Fsp3) is 0.367. The predicted octanol–water partition coefficient (Wildman–Crippen LogP) is 6.59. The van der Waals surface area contributed by atoms with Crippen molar-refractivity contribution in [2.24, 2.45) is 5.92 Å². The summed E-state index contributed by atoms with van der Waals surface area (Å²) in [7, 11) is 0. The van der Waals surface area contributed by atoms with Crippen LogP contribution in [-0.4, -0.2) is 42.5 Å². The predicted molar refractivity (Wildman–Crippen MR) is 136 cm³/mol. The zero-order valence-electron chi connectivity index (χ0n) is 20.7. The molecule has 0 unspecified atom stereocenters. The van der Waals surface area contributed by atoms with E-state index in [1.54, 1.807) is 0 Å². The summed E-state index contributed by atoms with van der Waals surface area (Å²) in [5.74, 6) is -0.329. The Bertz CT molecular complexity index is 986. The van der Waals surface area contributed by atoms with Crippen molar-refractivity contribution in [3.8, 4) is 0 Å². The van der Waals surface area contributed by atoms with Crippen LogP contribution < -0.4 is 0 Å². The van der Waals surface area contributed by atoms with E-state index in [9.17, 15) is 4.79 Å². The Morgan fingerprint density at radius 1 is 0.857 bits per heavy atom. The summed E-state index contributed by atoms with van der Waals surface area (Å²) in [6.07, 6.45) is -1.16. The zero-order valence-corrected chi connectivity index (χ0v) is 20.7. The average Bonchev–Trinajstić information content (AvgIpc) is 2.86. The molecule has 0 aliphatic carbocycles. The van der Waals surface area contributed by atoms with E-state index in [4.69, 9.17) is 9.47 Å². The molecule has 184 valence electrons. The molecule has 1 amide bonds. The van der Waals surface area contributed by atoms with Gasteiger partial charge in [-0.2, -0.15) is 0 Å². The molecule has 3 aromatic carbocycles. The highest BCUT2D eigenvalue weighted by molar-refractivity contribution is 5.68. The molecule has 1 aliphatic rings. The molecular formula is C30H34FNO3. The van der Waals surface area contributed by atoms with Crippen LogP contribution in [0.25, 0.3) is 0 Å². The normalized spacial score (nSPS) is 18.8. The molecule has 1 aliphatic heterocycles. The van der Waals surface area contributed by atoms with E-state index in [1.165, 1.54) is 4.90 Å². The minimum Gasteiger partial charge on any atom is -0.444 e. The highest BCUT2D eigenvalue weighted by Crippen LogP contribution is 2.41. The van der Waals surface area contributed by atoms with E-state index < -0.39 is 23.5 Å². The van der Waals surface area contributed by atoms with Crippen molar-refractivity contribution in [1.82, 2.24) is 4.90 Å². The molecule has 3 aromatic rings. The first-order chi connectivity index (χ1) is 16.8. The molecule has 35 heavy (non-hydrogen) atoms. The number of carbonyl (C=O) groups is 1. The molecule has 0 N–H and O–H groups in total. The Labute approximate surface area is 207 Å². The molecule has 1 fully saturated rings. The lowest BCUT2D eigenvalue weighted by atomic mass is 9.80. The van der Waals surface area contributed by atoms with Crippen LogP contribution in [0.4, 0.5) is 9.18 Å². The number of nitrogens with zero attached hydrogens (tertiary/aromatic N) is 1. The van der Waals surface area contributed by atoms with Crippen molar-refractivity contribution >= 4 is 6.09 Å². The van der Waals surface area contributed by atoms with Gasteiger partial charge in [0.2, 0.25) is 0 Å². The Hall–Kier alpha value is -3.18. The number of amides is 1. The van der Waals surface area contributed by atoms with Gasteiger partial charge in [-0.05, 0) is 43.9 Å². The maximum Gasteiger partial charge on any atom is 0.410 e. The van der Waals surface area contributed by atoms with E-state index in [-0.39, 0.29) is 19.1 Å². The minimum atomic E-state index is -1.20. The lowest BCUT2D eigenvalue weighted by Crippen LogP contribution is -2.48. The fourth-order valence-corrected chi connectivity index (χ4v) is 4.63. The molecule has 0 bridgehead atoms. The van der Waals surface area contributed by atoms with Crippen LogP contribution in [0, 0.1) is 5.92 Å². The molecule has 5 heteroatoms. The molecule has 0 saturated carbocycles. The zero-order chi connectivity index (χ0) is 24.9. The number of hydrogen-bond donors (Lipinski definition) is 0. The van der Waals surface area contributed by atoms with E-state index in [0.717, 1.165) is 16.7 Å². The number of benzene rings is 3. The van der Waals surface area contributed by atoms with Gasteiger partial charge in [-0.25, -0.2) is 9.18 Å². The molecule has 1 heterocycles. The van der Waals surface area contributed by atoms with Gasteiger partial charge in [-0.3, -0.25) is 0 Å². The third kappa shape index (κ3) is 5.73. The van der Waals surface area contributed by atoms with Crippen molar-refractivity contribution in [1.29, 1.82) is 0 Å². The Kier molecular flexibility index (Phi) is 7.56. The van der Waals surface area contributed by atoms with Crippen LogP contribution in [0.15, 0.2) is 91.0 Å². The summed E-state index contributed by atoms with van der Waals surface area (Å²) < 4.78 is 27.6. The standard InChI is InChI=1S/C30H34FNO3/c1-29(2,3)35-28(33)32-20-19-23(27(31)21-32)22-34-30(24-13-7-4-8-14-24,25-15-9-5-10-16-25)26-17-11-6-12-18-26/h4-18,23,27H,19-22H2,1-3H3/t23-,27+/m1/s1. The molecule has 0 aromatic heterocycles. The third-order valence-corrected chi connectivity index (χ3v) is 6.38. The highest BCUT2D eigenvalue weighted by atomic mass is 19.1. The summed E-state index contributed by atoms with van der Waals surface area (Å²) in [6, 6.07) is 30.2. The van der Waals surface area contributed by atoms with Gasteiger partial charge in [0.15, 0.2) is 0 Å². The fourth-order valence-electron chi connectivity index (χ4n) is 4.63. The molecule has 0 spiro atoms. The van der Waals surface area contributed by atoms with Crippen LogP contribution in [0.2, 0.25) is 0 Å². The van der Waals surface area contributed by atoms with Crippen molar-refractivity contribution in [2.45, 2.75) is 44.6 Å². The maximum absolute atomic E-state index is 15.3. The second kappa shape index (κ2) is 10.6. The van der Waals surface area contributed by atoms with Crippen molar-refractivity contribution in [2.75, 3.05) is 19.7 Å². The van der Waals surface area contributed by atoms with Gasteiger partial charge in [0.25, 0.3) is 0 Å². The molecule has 4 rings (SSSR count).